The van der Waals surface area contributed by atoms with Crippen LogP contribution in [0.1, 0.15) is 17.2 Å². The highest BCUT2D eigenvalue weighted by Gasteiger charge is 2.39. The van der Waals surface area contributed by atoms with Crippen LogP contribution >= 0.6 is 7.14 Å². The van der Waals surface area contributed by atoms with E-state index in [-0.39, 0.29) is 0 Å². The van der Waals surface area contributed by atoms with Crippen LogP contribution in [0.4, 0.5) is 0 Å². The lowest BCUT2D eigenvalue weighted by atomic mass is 10.2. The topological polar surface area (TPSA) is 57.8 Å². The van der Waals surface area contributed by atoms with Crippen LogP contribution < -0.4 is 15.9 Å². The van der Waals surface area contributed by atoms with Gasteiger partial charge in [-0.25, -0.2) is 4.98 Å². The van der Waals surface area contributed by atoms with E-state index in [1.807, 2.05) is 78.9 Å². The molecule has 0 radical (unpaired) electrons. The number of hydrogen-bond acceptors (Lipinski definition) is 3. The van der Waals surface area contributed by atoms with Crippen LogP contribution in [0.2, 0.25) is 0 Å². The molecule has 0 amide bonds. The highest BCUT2D eigenvalue weighted by Crippen LogP contribution is 2.55. The lowest BCUT2D eigenvalue weighted by Crippen LogP contribution is -2.31. The van der Waals surface area contributed by atoms with Crippen molar-refractivity contribution in [3.05, 3.63) is 115 Å². The number of nitrogens with one attached hydrogen (secondary N) is 2. The van der Waals surface area contributed by atoms with Crippen LogP contribution in [0.25, 0.3) is 0 Å². The largest absolute Gasteiger partial charge is 0.347 e. The van der Waals surface area contributed by atoms with E-state index >= 15 is 0 Å². The number of hydrogen-bond donors (Lipinski definition) is 2. The van der Waals surface area contributed by atoms with Crippen LogP contribution in [-0.4, -0.2) is 9.97 Å². The maximum absolute atomic E-state index is 14.7. The van der Waals surface area contributed by atoms with E-state index < -0.39 is 12.9 Å². The van der Waals surface area contributed by atoms with Crippen LogP contribution in [0.15, 0.2) is 103 Å². The van der Waals surface area contributed by atoms with Crippen molar-refractivity contribution in [3.8, 4) is 0 Å². The molecule has 28 heavy (non-hydrogen) atoms. The maximum Gasteiger partial charge on any atom is 0.166 e. The SMILES string of the molecule is O=P(c1ccccc1)(c1ccccc1)C(NCc1ccccc1)c1ncc[nH]1. The summed E-state index contributed by atoms with van der Waals surface area (Å²) < 4.78 is 14.7. The minimum absolute atomic E-state index is 0.465. The summed E-state index contributed by atoms with van der Waals surface area (Å²) >= 11 is 0. The van der Waals surface area contributed by atoms with E-state index in [2.05, 4.69) is 27.4 Å². The van der Waals surface area contributed by atoms with Gasteiger partial charge in [0, 0.05) is 29.5 Å². The second kappa shape index (κ2) is 8.39. The third-order valence-corrected chi connectivity index (χ3v) is 8.05. The molecule has 0 aliphatic carbocycles. The maximum atomic E-state index is 14.7. The standard InChI is InChI=1S/C23H22N3OP/c27-28(20-12-6-2-7-13-20,21-14-8-3-9-15-21)23(22-24-16-17-25-22)26-18-19-10-4-1-5-11-19/h1-17,23,26H,18H2,(H,24,25). The first-order valence-corrected chi connectivity index (χ1v) is 11.0. The quantitative estimate of drug-likeness (QED) is 0.467. The van der Waals surface area contributed by atoms with Gasteiger partial charge in [-0.15, -0.1) is 0 Å². The molecule has 5 heteroatoms. The Bertz CT molecular complexity index is 992. The van der Waals surface area contributed by atoms with E-state index in [9.17, 15) is 4.57 Å². The Morgan fingerprint density at radius 3 is 1.86 bits per heavy atom. The zero-order valence-electron chi connectivity index (χ0n) is 15.4. The number of imidazole rings is 1. The zero-order valence-corrected chi connectivity index (χ0v) is 16.3. The van der Waals surface area contributed by atoms with Gasteiger partial charge in [0.2, 0.25) is 0 Å². The molecular formula is C23H22N3OP. The van der Waals surface area contributed by atoms with E-state index in [0.717, 1.165) is 16.2 Å². The predicted molar refractivity (Wildman–Crippen MR) is 114 cm³/mol. The summed E-state index contributed by atoms with van der Waals surface area (Å²) in [7, 11) is -3.06. The number of aromatic amines is 1. The van der Waals surface area contributed by atoms with Crippen molar-refractivity contribution in [2.45, 2.75) is 12.3 Å². The third kappa shape index (κ3) is 3.70. The van der Waals surface area contributed by atoms with E-state index in [1.165, 1.54) is 0 Å². The number of nitrogens with zero attached hydrogens (tertiary/aromatic N) is 1. The van der Waals surface area contributed by atoms with Crippen LogP contribution in [0.3, 0.4) is 0 Å². The Hall–Kier alpha value is -2.94. The first-order chi connectivity index (χ1) is 13.8. The molecule has 4 rings (SSSR count). The smallest absolute Gasteiger partial charge is 0.166 e. The lowest BCUT2D eigenvalue weighted by molar-refractivity contribution is 0.553. The average Bonchev–Trinajstić information content (AvgIpc) is 3.30. The Kier molecular flexibility index (Phi) is 5.52. The monoisotopic (exact) mass is 387 g/mol. The van der Waals surface area contributed by atoms with Crippen molar-refractivity contribution in [1.82, 2.24) is 15.3 Å². The Labute approximate surface area is 165 Å². The number of benzene rings is 3. The Morgan fingerprint density at radius 1 is 0.821 bits per heavy atom. The second-order valence-corrected chi connectivity index (χ2v) is 9.44. The Balaban J connectivity index is 1.81. The van der Waals surface area contributed by atoms with Gasteiger partial charge in [0.05, 0.1) is 0 Å². The van der Waals surface area contributed by atoms with E-state index in [1.54, 1.807) is 12.4 Å². The fraction of sp³-hybridized carbons (Fsp3) is 0.0870. The molecule has 0 fully saturated rings. The van der Waals surface area contributed by atoms with Crippen LogP contribution in [0, 0.1) is 0 Å². The Morgan fingerprint density at radius 2 is 1.36 bits per heavy atom. The summed E-state index contributed by atoms with van der Waals surface area (Å²) in [6, 6.07) is 29.5. The van der Waals surface area contributed by atoms with Gasteiger partial charge in [-0.1, -0.05) is 91.0 Å². The number of aromatic nitrogens is 2. The predicted octanol–water partition coefficient (Wildman–Crippen LogP) is 4.21. The molecule has 0 bridgehead atoms. The van der Waals surface area contributed by atoms with Gasteiger partial charge < -0.3 is 9.55 Å². The highest BCUT2D eigenvalue weighted by atomic mass is 31.2. The summed E-state index contributed by atoms with van der Waals surface area (Å²) in [4.78, 5) is 7.63. The molecule has 3 aromatic carbocycles. The molecule has 140 valence electrons. The van der Waals surface area contributed by atoms with E-state index in [4.69, 9.17) is 0 Å². The molecule has 4 nitrogen and oxygen atoms in total. The highest BCUT2D eigenvalue weighted by molar-refractivity contribution is 7.78. The lowest BCUT2D eigenvalue weighted by Gasteiger charge is -2.28. The number of rotatable bonds is 7. The average molecular weight is 387 g/mol. The van der Waals surface area contributed by atoms with Gasteiger partial charge >= 0.3 is 0 Å². The minimum Gasteiger partial charge on any atom is -0.347 e. The van der Waals surface area contributed by atoms with Gasteiger partial charge in [0.15, 0.2) is 7.14 Å². The molecule has 0 saturated carbocycles. The van der Waals surface area contributed by atoms with Crippen molar-refractivity contribution in [1.29, 1.82) is 0 Å². The van der Waals surface area contributed by atoms with Gasteiger partial charge in [0.1, 0.15) is 11.6 Å². The summed E-state index contributed by atoms with van der Waals surface area (Å²) in [5.74, 6) is 0.208. The minimum atomic E-state index is -3.06. The van der Waals surface area contributed by atoms with Crippen molar-refractivity contribution < 1.29 is 4.57 Å². The molecule has 0 spiro atoms. The molecule has 4 aromatic rings. The molecule has 1 heterocycles. The van der Waals surface area contributed by atoms with Crippen molar-refractivity contribution >= 4 is 17.8 Å². The van der Waals surface area contributed by atoms with Gasteiger partial charge in [-0.05, 0) is 5.56 Å². The summed E-state index contributed by atoms with van der Waals surface area (Å²) in [6.45, 7) is 0.593. The second-order valence-electron chi connectivity index (χ2n) is 6.57. The molecule has 1 atom stereocenters. The first kappa shape index (κ1) is 18.4. The van der Waals surface area contributed by atoms with Gasteiger partial charge in [-0.3, -0.25) is 5.32 Å². The summed E-state index contributed by atoms with van der Waals surface area (Å²) in [6.07, 6.45) is 3.47. The van der Waals surface area contributed by atoms with Crippen LogP contribution in [0.5, 0.6) is 0 Å². The molecule has 0 aliphatic rings. The molecule has 0 aliphatic heterocycles. The van der Waals surface area contributed by atoms with Gasteiger partial charge in [0.25, 0.3) is 0 Å². The molecule has 0 saturated heterocycles. The van der Waals surface area contributed by atoms with Crippen molar-refractivity contribution in [2.75, 3.05) is 0 Å². The normalized spacial score (nSPS) is 12.6. The zero-order chi connectivity index (χ0) is 19.2. The fourth-order valence-electron chi connectivity index (χ4n) is 3.38. The first-order valence-electron chi connectivity index (χ1n) is 9.26. The molecule has 2 N–H and O–H groups in total. The number of H-pyrrole nitrogens is 1. The van der Waals surface area contributed by atoms with Crippen LogP contribution in [-0.2, 0) is 11.1 Å². The molecule has 1 unspecified atom stereocenters. The molecular weight excluding hydrogens is 365 g/mol. The summed E-state index contributed by atoms with van der Waals surface area (Å²) in [5, 5.41) is 5.14. The fourth-order valence-corrected chi connectivity index (χ4v) is 6.34. The van der Waals surface area contributed by atoms with Crippen molar-refractivity contribution in [2.24, 2.45) is 0 Å². The molecule has 1 aromatic heterocycles. The van der Waals surface area contributed by atoms with Gasteiger partial charge in [-0.2, -0.15) is 0 Å². The third-order valence-electron chi connectivity index (χ3n) is 4.76. The van der Waals surface area contributed by atoms with Crippen molar-refractivity contribution in [3.63, 3.8) is 0 Å². The summed E-state index contributed by atoms with van der Waals surface area (Å²) in [5.41, 5.74) is 1.13. The van der Waals surface area contributed by atoms with E-state index in [0.29, 0.717) is 12.4 Å².